The maximum Gasteiger partial charge on any atom is 0.341 e. The van der Waals surface area contributed by atoms with Crippen LogP contribution in [0.1, 0.15) is 63.4 Å². The van der Waals surface area contributed by atoms with Gasteiger partial charge in [0.2, 0.25) is 0 Å². The lowest BCUT2D eigenvalue weighted by molar-refractivity contribution is -0.385. The maximum absolute atomic E-state index is 12.8. The fourth-order valence-corrected chi connectivity index (χ4v) is 5.03. The molecule has 2 aromatic rings. The number of esters is 1. The number of nitro groups is 1. The van der Waals surface area contributed by atoms with Crippen LogP contribution in [0, 0.1) is 23.0 Å². The van der Waals surface area contributed by atoms with Crippen molar-refractivity contribution in [3.8, 4) is 0 Å². The van der Waals surface area contributed by atoms with Gasteiger partial charge in [-0.05, 0) is 56.7 Å². The van der Waals surface area contributed by atoms with Crippen molar-refractivity contribution < 1.29 is 19.2 Å². The molecular weight excluding hydrogens is 392 g/mol. The van der Waals surface area contributed by atoms with Gasteiger partial charge < -0.3 is 10.1 Å². The molecule has 0 saturated heterocycles. The van der Waals surface area contributed by atoms with Crippen LogP contribution in [-0.2, 0) is 17.6 Å². The molecule has 0 spiro atoms. The number of hydrogen-bond donors (Lipinski definition) is 1. The number of nitro benzene ring substituents is 1. The van der Waals surface area contributed by atoms with Crippen LogP contribution in [-0.4, -0.2) is 23.4 Å². The molecule has 29 heavy (non-hydrogen) atoms. The Morgan fingerprint density at radius 1 is 1.34 bits per heavy atom. The second-order valence-electron chi connectivity index (χ2n) is 7.16. The number of carbonyl (C=O) groups is 2. The lowest BCUT2D eigenvalue weighted by Crippen LogP contribution is -2.17. The van der Waals surface area contributed by atoms with Crippen LogP contribution in [0.5, 0.6) is 0 Å². The molecule has 1 N–H and O–H groups in total. The van der Waals surface area contributed by atoms with E-state index >= 15 is 0 Å². The quantitative estimate of drug-likeness (QED) is 0.410. The van der Waals surface area contributed by atoms with Crippen LogP contribution in [0.3, 0.4) is 0 Å². The van der Waals surface area contributed by atoms with Gasteiger partial charge in [-0.1, -0.05) is 13.3 Å². The Kier molecular flexibility index (Phi) is 6.32. The Labute approximate surface area is 173 Å². The summed E-state index contributed by atoms with van der Waals surface area (Å²) in [7, 11) is 0. The standard InChI is InChI=1S/C21H24N2O5S/c1-4-13-6-8-15-17(11-13)29-20(18(15)21(25)28-5-2)22-19(24)14-7-9-16(23(26)27)12(3)10-14/h7,9-10,13H,4-6,8,11H2,1-3H3,(H,22,24)/t13-/m0/s1. The highest BCUT2D eigenvalue weighted by Gasteiger charge is 2.30. The molecule has 1 aromatic carbocycles. The van der Waals surface area contributed by atoms with E-state index in [4.69, 9.17) is 4.74 Å². The summed E-state index contributed by atoms with van der Waals surface area (Å²) in [5, 5.41) is 14.3. The first-order valence-corrected chi connectivity index (χ1v) is 10.5. The van der Waals surface area contributed by atoms with Crippen molar-refractivity contribution in [2.75, 3.05) is 11.9 Å². The number of nitrogens with one attached hydrogen (secondary N) is 1. The minimum absolute atomic E-state index is 0.0362. The number of hydrogen-bond acceptors (Lipinski definition) is 6. The van der Waals surface area contributed by atoms with Gasteiger partial charge >= 0.3 is 5.97 Å². The first-order chi connectivity index (χ1) is 13.8. The van der Waals surface area contributed by atoms with E-state index in [1.165, 1.54) is 29.5 Å². The Bertz CT molecular complexity index is 966. The normalized spacial score (nSPS) is 15.5. The monoisotopic (exact) mass is 416 g/mol. The predicted octanol–water partition coefficient (Wildman–Crippen LogP) is 4.91. The Hall–Kier alpha value is -2.74. The summed E-state index contributed by atoms with van der Waals surface area (Å²) in [6.07, 6.45) is 3.79. The third-order valence-electron chi connectivity index (χ3n) is 5.31. The summed E-state index contributed by atoms with van der Waals surface area (Å²) < 4.78 is 5.24. The first kappa shape index (κ1) is 21.0. The van der Waals surface area contributed by atoms with E-state index in [-0.39, 0.29) is 12.3 Å². The maximum atomic E-state index is 12.8. The minimum atomic E-state index is -0.479. The largest absolute Gasteiger partial charge is 0.462 e. The molecule has 1 aromatic heterocycles. The number of rotatable bonds is 6. The van der Waals surface area contributed by atoms with E-state index in [1.807, 2.05) is 0 Å². The van der Waals surface area contributed by atoms with Crippen LogP contribution in [0.15, 0.2) is 18.2 Å². The Morgan fingerprint density at radius 3 is 2.72 bits per heavy atom. The van der Waals surface area contributed by atoms with Gasteiger partial charge in [-0.3, -0.25) is 14.9 Å². The third-order valence-corrected chi connectivity index (χ3v) is 6.48. The molecule has 1 aliphatic rings. The van der Waals surface area contributed by atoms with Crippen molar-refractivity contribution in [2.24, 2.45) is 5.92 Å². The van der Waals surface area contributed by atoms with Crippen molar-refractivity contribution in [2.45, 2.75) is 46.5 Å². The van der Waals surface area contributed by atoms with Crippen LogP contribution in [0.4, 0.5) is 10.7 Å². The highest BCUT2D eigenvalue weighted by atomic mass is 32.1. The summed E-state index contributed by atoms with van der Waals surface area (Å²) in [5.74, 6) is -0.244. The zero-order valence-corrected chi connectivity index (χ0v) is 17.6. The topological polar surface area (TPSA) is 98.5 Å². The number of thiophene rings is 1. The number of carbonyl (C=O) groups excluding carboxylic acids is 2. The molecule has 154 valence electrons. The Morgan fingerprint density at radius 2 is 2.10 bits per heavy atom. The third kappa shape index (κ3) is 4.32. The summed E-state index contributed by atoms with van der Waals surface area (Å²) in [4.78, 5) is 37.0. The summed E-state index contributed by atoms with van der Waals surface area (Å²) in [6, 6.07) is 4.23. The number of fused-ring (bicyclic) bond motifs is 1. The minimum Gasteiger partial charge on any atom is -0.462 e. The second-order valence-corrected chi connectivity index (χ2v) is 8.26. The van der Waals surface area contributed by atoms with E-state index in [1.54, 1.807) is 13.8 Å². The molecule has 1 atom stereocenters. The van der Waals surface area contributed by atoms with Gasteiger partial charge in [0.25, 0.3) is 11.6 Å². The Balaban J connectivity index is 1.93. The lowest BCUT2D eigenvalue weighted by Gasteiger charge is -2.20. The van der Waals surface area contributed by atoms with Crippen molar-refractivity contribution in [1.82, 2.24) is 0 Å². The van der Waals surface area contributed by atoms with E-state index in [0.29, 0.717) is 27.6 Å². The van der Waals surface area contributed by atoms with Crippen molar-refractivity contribution in [3.63, 3.8) is 0 Å². The molecule has 0 unspecified atom stereocenters. The number of benzene rings is 1. The van der Waals surface area contributed by atoms with Gasteiger partial charge in [0.1, 0.15) is 5.00 Å². The van der Waals surface area contributed by atoms with Gasteiger partial charge in [-0.25, -0.2) is 4.79 Å². The van der Waals surface area contributed by atoms with E-state index < -0.39 is 16.8 Å². The van der Waals surface area contributed by atoms with Crippen molar-refractivity contribution in [3.05, 3.63) is 55.4 Å². The zero-order chi connectivity index (χ0) is 21.1. The molecule has 1 aliphatic carbocycles. The fraction of sp³-hybridized carbons (Fsp3) is 0.429. The summed E-state index contributed by atoms with van der Waals surface area (Å²) >= 11 is 1.43. The molecule has 0 radical (unpaired) electrons. The number of ether oxygens (including phenoxy) is 1. The average Bonchev–Trinajstić information content (AvgIpc) is 3.04. The molecule has 3 rings (SSSR count). The zero-order valence-electron chi connectivity index (χ0n) is 16.7. The number of aryl methyl sites for hydroxylation is 1. The van der Waals surface area contributed by atoms with Crippen LogP contribution >= 0.6 is 11.3 Å². The number of amides is 1. The summed E-state index contributed by atoms with van der Waals surface area (Å²) in [6.45, 7) is 5.76. The molecule has 0 bridgehead atoms. The van der Waals surface area contributed by atoms with Crippen LogP contribution < -0.4 is 5.32 Å². The fourth-order valence-electron chi connectivity index (χ4n) is 3.69. The predicted molar refractivity (Wildman–Crippen MR) is 112 cm³/mol. The molecule has 1 amide bonds. The van der Waals surface area contributed by atoms with Crippen LogP contribution in [0.25, 0.3) is 0 Å². The van der Waals surface area contributed by atoms with E-state index in [0.717, 1.165) is 36.1 Å². The SMILES string of the molecule is CCOC(=O)c1c(NC(=O)c2ccc([N+](=O)[O-])c(C)c2)sc2c1CC[C@H](CC)C2. The van der Waals surface area contributed by atoms with Crippen molar-refractivity contribution >= 4 is 33.9 Å². The highest BCUT2D eigenvalue weighted by molar-refractivity contribution is 7.17. The molecule has 0 saturated carbocycles. The number of anilines is 1. The van der Waals surface area contributed by atoms with Crippen LogP contribution in [0.2, 0.25) is 0 Å². The van der Waals surface area contributed by atoms with E-state index in [9.17, 15) is 19.7 Å². The van der Waals surface area contributed by atoms with E-state index in [2.05, 4.69) is 12.2 Å². The molecule has 0 aliphatic heterocycles. The summed E-state index contributed by atoms with van der Waals surface area (Å²) in [5.41, 5.74) is 2.11. The van der Waals surface area contributed by atoms with Gasteiger partial charge in [0.05, 0.1) is 17.1 Å². The number of nitrogens with zero attached hydrogens (tertiary/aromatic N) is 1. The van der Waals surface area contributed by atoms with Gasteiger partial charge in [-0.2, -0.15) is 0 Å². The average molecular weight is 416 g/mol. The molecule has 1 heterocycles. The molecule has 7 nitrogen and oxygen atoms in total. The van der Waals surface area contributed by atoms with Gasteiger partial charge in [0.15, 0.2) is 0 Å². The molecular formula is C21H24N2O5S. The molecule has 8 heteroatoms. The van der Waals surface area contributed by atoms with Gasteiger partial charge in [-0.15, -0.1) is 11.3 Å². The van der Waals surface area contributed by atoms with Crippen molar-refractivity contribution in [1.29, 1.82) is 0 Å². The highest BCUT2D eigenvalue weighted by Crippen LogP contribution is 2.41. The first-order valence-electron chi connectivity index (χ1n) is 9.73. The second kappa shape index (κ2) is 8.73. The smallest absolute Gasteiger partial charge is 0.341 e. The van der Waals surface area contributed by atoms with Gasteiger partial charge in [0, 0.05) is 22.1 Å². The lowest BCUT2D eigenvalue weighted by atomic mass is 9.85. The molecule has 0 fully saturated rings.